The highest BCUT2D eigenvalue weighted by Crippen LogP contribution is 2.49. The summed E-state index contributed by atoms with van der Waals surface area (Å²) in [7, 11) is -12.0. The monoisotopic (exact) mass is 779 g/mol. The summed E-state index contributed by atoms with van der Waals surface area (Å²) < 4.78 is 93.0. The van der Waals surface area contributed by atoms with E-state index in [1.54, 1.807) is 26.8 Å². The first-order chi connectivity index (χ1) is 22.6. The molecule has 50 heavy (non-hydrogen) atoms. The Balaban J connectivity index is 0.000000432. The SMILES string of the molecule is CC(C)(C)OC(=O)N1[C@H](CO[Si](C)(C)C(C)(C)C)[C@@H](O)[C@@H](O)[C@@H]1C1=CCc2c1nc[nH]c2=O.CCOP(=O)(COS(=O)(=O)C(F)(F)F)OCC. The third-order valence-electron chi connectivity index (χ3n) is 8.12. The molecule has 3 rings (SSSR count). The topological polar surface area (TPSA) is 204 Å². The minimum Gasteiger partial charge on any atom is -0.444 e. The van der Waals surface area contributed by atoms with E-state index < -0.39 is 73.9 Å². The molecule has 1 aromatic heterocycles. The standard InChI is InChI=1S/C23H37N3O6Si.C6H12F3O6PS/c1-22(2,3)32-21(30)26-15(11-31-33(7,8)23(4,5)6)18(27)19(28)17(26)13-9-10-14-16(13)24-12-25-20(14)29;1-3-13-16(10,14-4-2)5-15-17(11,12)6(7,8)9/h9,12,15,17-19,27-28H,10-11H2,1-8H3,(H,24,25,29);3-5H2,1-2H3/t15-,17+,18-,19+;/m1./s1. The zero-order valence-corrected chi connectivity index (χ0v) is 32.6. The van der Waals surface area contributed by atoms with E-state index in [1.807, 2.05) is 0 Å². The number of nitrogens with one attached hydrogen (secondary N) is 1. The Kier molecular flexibility index (Phi) is 14.3. The first kappa shape index (κ1) is 44.0. The van der Waals surface area contributed by atoms with Crippen molar-refractivity contribution in [3.63, 3.8) is 0 Å². The van der Waals surface area contributed by atoms with Crippen LogP contribution in [0.1, 0.15) is 66.6 Å². The lowest BCUT2D eigenvalue weighted by molar-refractivity contribution is -0.0534. The van der Waals surface area contributed by atoms with Crippen LogP contribution in [0.4, 0.5) is 18.0 Å². The molecule has 0 aromatic carbocycles. The number of aliphatic hydroxyl groups excluding tert-OH is 2. The minimum absolute atomic E-state index is 0.0629. The van der Waals surface area contributed by atoms with Crippen LogP contribution in [0.15, 0.2) is 17.2 Å². The van der Waals surface area contributed by atoms with Gasteiger partial charge in [-0.05, 0) is 59.2 Å². The molecule has 15 nitrogen and oxygen atoms in total. The van der Waals surface area contributed by atoms with Crippen molar-refractivity contribution in [1.29, 1.82) is 0 Å². The largest absolute Gasteiger partial charge is 0.523 e. The van der Waals surface area contributed by atoms with Gasteiger partial charge in [-0.25, -0.2) is 9.78 Å². The smallest absolute Gasteiger partial charge is 0.444 e. The van der Waals surface area contributed by atoms with Gasteiger partial charge in [-0.2, -0.15) is 21.6 Å². The molecule has 1 aromatic rings. The summed E-state index contributed by atoms with van der Waals surface area (Å²) in [6.07, 6.45) is -1.10. The molecule has 0 saturated carbocycles. The molecule has 0 unspecified atom stereocenters. The van der Waals surface area contributed by atoms with Gasteiger partial charge in [-0.3, -0.25) is 18.4 Å². The number of alkyl halides is 3. The van der Waals surface area contributed by atoms with Crippen molar-refractivity contribution in [2.45, 2.75) is 115 Å². The van der Waals surface area contributed by atoms with Gasteiger partial charge in [0.2, 0.25) is 0 Å². The van der Waals surface area contributed by atoms with Crippen LogP contribution in [-0.4, -0.2) is 109 Å². The van der Waals surface area contributed by atoms with E-state index in [0.717, 1.165) is 0 Å². The summed E-state index contributed by atoms with van der Waals surface area (Å²) in [5.74, 6) is 0. The van der Waals surface area contributed by atoms with Crippen LogP contribution in [0.25, 0.3) is 5.57 Å². The Labute approximate surface area is 291 Å². The lowest BCUT2D eigenvalue weighted by atomic mass is 9.99. The molecule has 288 valence electrons. The van der Waals surface area contributed by atoms with Crippen LogP contribution < -0.4 is 5.56 Å². The predicted octanol–water partition coefficient (Wildman–Crippen LogP) is 4.52. The van der Waals surface area contributed by atoms with Crippen molar-refractivity contribution < 1.29 is 63.6 Å². The van der Waals surface area contributed by atoms with Crippen LogP contribution in [0.3, 0.4) is 0 Å². The number of aliphatic hydroxyl groups is 2. The molecule has 0 bridgehead atoms. The maximum Gasteiger partial charge on any atom is 0.523 e. The fraction of sp³-hybridized carbons (Fsp3) is 0.759. The normalized spacial score (nSPS) is 21.7. The predicted molar refractivity (Wildman–Crippen MR) is 179 cm³/mol. The highest BCUT2D eigenvalue weighted by Gasteiger charge is 2.54. The third-order valence-corrected chi connectivity index (χ3v) is 15.5. The van der Waals surface area contributed by atoms with E-state index in [-0.39, 0.29) is 30.4 Å². The van der Waals surface area contributed by atoms with Gasteiger partial charge in [0, 0.05) is 11.1 Å². The third kappa shape index (κ3) is 10.7. The van der Waals surface area contributed by atoms with Gasteiger partial charge in [-0.15, -0.1) is 0 Å². The summed E-state index contributed by atoms with van der Waals surface area (Å²) >= 11 is 0. The van der Waals surface area contributed by atoms with Gasteiger partial charge in [-0.1, -0.05) is 26.8 Å². The van der Waals surface area contributed by atoms with Gasteiger partial charge < -0.3 is 33.4 Å². The molecular weight excluding hydrogens is 730 g/mol. The van der Waals surface area contributed by atoms with Crippen molar-refractivity contribution in [2.75, 3.05) is 26.2 Å². The quantitative estimate of drug-likeness (QED) is 0.123. The van der Waals surface area contributed by atoms with Gasteiger partial charge >= 0.3 is 29.3 Å². The van der Waals surface area contributed by atoms with Gasteiger partial charge in [0.15, 0.2) is 14.7 Å². The van der Waals surface area contributed by atoms with Crippen molar-refractivity contribution in [3.05, 3.63) is 34.0 Å². The molecule has 1 aliphatic carbocycles. The van der Waals surface area contributed by atoms with Crippen molar-refractivity contribution in [3.8, 4) is 0 Å². The molecule has 2 heterocycles. The first-order valence-corrected chi connectivity index (χ1v) is 21.8. The fourth-order valence-electron chi connectivity index (χ4n) is 4.68. The Hall–Kier alpha value is -2.16. The summed E-state index contributed by atoms with van der Waals surface area (Å²) in [6, 6.07) is -1.74. The lowest BCUT2D eigenvalue weighted by Gasteiger charge is -2.39. The van der Waals surface area contributed by atoms with E-state index in [0.29, 0.717) is 23.3 Å². The van der Waals surface area contributed by atoms with Crippen molar-refractivity contribution in [1.82, 2.24) is 14.9 Å². The van der Waals surface area contributed by atoms with E-state index in [1.165, 1.54) is 25.1 Å². The molecule has 0 radical (unpaired) electrons. The van der Waals surface area contributed by atoms with Gasteiger partial charge in [0.1, 0.15) is 17.8 Å². The second kappa shape index (κ2) is 16.2. The van der Waals surface area contributed by atoms with E-state index in [2.05, 4.69) is 57.1 Å². The maximum atomic E-state index is 13.4. The summed E-state index contributed by atoms with van der Waals surface area (Å²) in [4.78, 5) is 33.8. The average Bonchev–Trinajstić information content (AvgIpc) is 3.48. The molecule has 4 atom stereocenters. The molecular formula is C29H49F3N3O12PSSi. The number of halogens is 3. The number of aromatic nitrogens is 2. The zero-order chi connectivity index (χ0) is 38.7. The van der Waals surface area contributed by atoms with Crippen molar-refractivity contribution in [2.24, 2.45) is 0 Å². The zero-order valence-electron chi connectivity index (χ0n) is 29.9. The summed E-state index contributed by atoms with van der Waals surface area (Å²) in [5, 5.41) is 22.1. The molecule has 1 saturated heterocycles. The average molecular weight is 780 g/mol. The molecule has 2 aliphatic rings. The Morgan fingerprint density at radius 1 is 1.08 bits per heavy atom. The highest BCUT2D eigenvalue weighted by atomic mass is 32.2. The van der Waals surface area contributed by atoms with Crippen LogP contribution >= 0.6 is 7.60 Å². The molecule has 1 fully saturated rings. The number of fused-ring (bicyclic) bond motifs is 1. The number of nitrogens with zero attached hydrogens (tertiary/aromatic N) is 2. The molecule has 1 amide bonds. The summed E-state index contributed by atoms with van der Waals surface area (Å²) in [5.41, 5.74) is -5.18. The second-order valence-electron chi connectivity index (χ2n) is 14.0. The van der Waals surface area contributed by atoms with Crippen LogP contribution in [0.2, 0.25) is 18.1 Å². The highest BCUT2D eigenvalue weighted by molar-refractivity contribution is 7.87. The number of carbonyl (C=O) groups is 1. The number of likely N-dealkylation sites (tertiary alicyclic amines) is 1. The first-order valence-electron chi connectivity index (χ1n) is 15.7. The maximum absolute atomic E-state index is 13.4. The van der Waals surface area contributed by atoms with Crippen molar-refractivity contribution >= 4 is 37.7 Å². The number of ether oxygens (including phenoxy) is 1. The Morgan fingerprint density at radius 2 is 1.64 bits per heavy atom. The number of allylic oxidation sites excluding steroid dienone is 1. The van der Waals surface area contributed by atoms with Crippen LogP contribution in [0.5, 0.6) is 0 Å². The number of aromatic amines is 1. The fourth-order valence-corrected chi connectivity index (χ4v) is 7.91. The summed E-state index contributed by atoms with van der Waals surface area (Å²) in [6.45, 7) is 18.4. The van der Waals surface area contributed by atoms with Crippen LogP contribution in [-0.2, 0) is 43.5 Å². The van der Waals surface area contributed by atoms with E-state index in [4.69, 9.17) is 9.16 Å². The molecule has 3 N–H and O–H groups in total. The number of hydrogen-bond donors (Lipinski definition) is 3. The van der Waals surface area contributed by atoms with E-state index in [9.17, 15) is 46.0 Å². The molecule has 1 aliphatic heterocycles. The molecule has 0 spiro atoms. The lowest BCUT2D eigenvalue weighted by Crippen LogP contribution is -2.51. The van der Waals surface area contributed by atoms with Crippen LogP contribution in [0, 0.1) is 0 Å². The Bertz CT molecular complexity index is 1580. The number of H-pyrrole nitrogens is 1. The number of amides is 1. The van der Waals surface area contributed by atoms with Gasteiger partial charge in [0.05, 0.1) is 43.9 Å². The Morgan fingerprint density at radius 3 is 2.12 bits per heavy atom. The molecule has 21 heteroatoms. The minimum atomic E-state index is -5.80. The second-order valence-corrected chi connectivity index (χ2v) is 22.4. The number of carbonyl (C=O) groups excluding carboxylic acids is 1. The van der Waals surface area contributed by atoms with E-state index >= 15 is 0 Å². The number of rotatable bonds is 11. The number of hydrogen-bond acceptors (Lipinski definition) is 13. The van der Waals surface area contributed by atoms with Gasteiger partial charge in [0.25, 0.3) is 5.56 Å².